The molecule has 2 aromatic heterocycles. The third kappa shape index (κ3) is 4.45. The van der Waals surface area contributed by atoms with Crippen molar-refractivity contribution in [2.45, 2.75) is 57.7 Å². The molecule has 3 aromatic rings. The minimum atomic E-state index is -0.249. The van der Waals surface area contributed by atoms with Crippen LogP contribution in [-0.4, -0.2) is 49.8 Å². The van der Waals surface area contributed by atoms with Gasteiger partial charge in [-0.25, -0.2) is 14.6 Å². The Labute approximate surface area is 215 Å². The van der Waals surface area contributed by atoms with Gasteiger partial charge in [-0.3, -0.25) is 4.90 Å². The third-order valence-electron chi connectivity index (χ3n) is 7.54. The molecular weight excluding hydrogens is 481 g/mol. The van der Waals surface area contributed by atoms with E-state index in [2.05, 4.69) is 34.1 Å². The van der Waals surface area contributed by atoms with Crippen molar-refractivity contribution in [3.63, 3.8) is 0 Å². The molecule has 4 atom stereocenters. The Morgan fingerprint density at radius 3 is 2.86 bits per heavy atom. The van der Waals surface area contributed by atoms with Crippen molar-refractivity contribution in [2.75, 3.05) is 13.1 Å². The molecular formula is C26H29Cl2N7. The van der Waals surface area contributed by atoms with E-state index in [1.54, 1.807) is 23.0 Å². The number of nitrogens with two attached hydrogens (primary N) is 1. The Morgan fingerprint density at radius 2 is 2.14 bits per heavy atom. The fourth-order valence-electron chi connectivity index (χ4n) is 5.66. The van der Waals surface area contributed by atoms with E-state index in [-0.39, 0.29) is 11.7 Å². The minimum Gasteiger partial charge on any atom is -0.329 e. The zero-order valence-corrected chi connectivity index (χ0v) is 21.5. The van der Waals surface area contributed by atoms with Gasteiger partial charge in [0.05, 0.1) is 17.9 Å². The van der Waals surface area contributed by atoms with Crippen molar-refractivity contribution in [2.24, 2.45) is 11.7 Å². The summed E-state index contributed by atoms with van der Waals surface area (Å²) in [5, 5.41) is 15.3. The number of hydrogen-bond acceptors (Lipinski definition) is 6. The average Bonchev–Trinajstić information content (AvgIpc) is 3.47. The van der Waals surface area contributed by atoms with Crippen LogP contribution in [0.3, 0.4) is 0 Å². The summed E-state index contributed by atoms with van der Waals surface area (Å²) >= 11 is 12.6. The van der Waals surface area contributed by atoms with Gasteiger partial charge in [0.1, 0.15) is 11.6 Å². The monoisotopic (exact) mass is 509 g/mol. The van der Waals surface area contributed by atoms with Crippen LogP contribution in [-0.2, 0) is 0 Å². The minimum absolute atomic E-state index is 0.249. The van der Waals surface area contributed by atoms with E-state index >= 15 is 0 Å². The lowest BCUT2D eigenvalue weighted by Crippen LogP contribution is -2.46. The molecule has 2 N–H and O–H groups in total. The van der Waals surface area contributed by atoms with Crippen molar-refractivity contribution in [1.82, 2.24) is 24.6 Å². The lowest BCUT2D eigenvalue weighted by molar-refractivity contribution is 0.135. The molecule has 0 amide bonds. The highest BCUT2D eigenvalue weighted by Crippen LogP contribution is 2.36. The number of allylic oxidation sites excluding steroid dienone is 1. The van der Waals surface area contributed by atoms with Crippen LogP contribution in [0.25, 0.3) is 16.7 Å². The molecule has 9 heteroatoms. The lowest BCUT2D eigenvalue weighted by Gasteiger charge is -2.38. The normalized spacial score (nSPS) is 23.9. The van der Waals surface area contributed by atoms with Crippen molar-refractivity contribution in [3.8, 4) is 6.07 Å². The second kappa shape index (κ2) is 9.87. The molecule has 2 aliphatic rings. The number of benzene rings is 1. The topological polar surface area (TPSA) is 96.6 Å². The summed E-state index contributed by atoms with van der Waals surface area (Å²) in [7, 11) is 0. The van der Waals surface area contributed by atoms with Gasteiger partial charge in [-0.05, 0) is 68.3 Å². The Balaban J connectivity index is 1.49. The molecule has 5 rings (SSSR count). The van der Waals surface area contributed by atoms with Gasteiger partial charge in [-0.2, -0.15) is 10.4 Å². The van der Waals surface area contributed by atoms with E-state index in [0.29, 0.717) is 39.2 Å². The largest absolute Gasteiger partial charge is 0.329 e. The molecule has 0 saturated carbocycles. The molecule has 1 saturated heterocycles. The Hall–Kier alpha value is -2.50. The lowest BCUT2D eigenvalue weighted by atomic mass is 9.83. The second-order valence-electron chi connectivity index (χ2n) is 9.66. The molecule has 0 spiro atoms. The van der Waals surface area contributed by atoms with E-state index in [9.17, 15) is 5.26 Å². The molecule has 35 heavy (non-hydrogen) atoms. The summed E-state index contributed by atoms with van der Waals surface area (Å²) in [5.74, 6) is 0.492. The summed E-state index contributed by atoms with van der Waals surface area (Å²) in [5.41, 5.74) is 10.2. The zero-order chi connectivity index (χ0) is 24.7. The first kappa shape index (κ1) is 24.2. The number of nitriles is 1. The smallest absolute Gasteiger partial charge is 0.190 e. The van der Waals surface area contributed by atoms with Gasteiger partial charge in [-0.15, -0.1) is 0 Å². The fourth-order valence-corrected chi connectivity index (χ4v) is 6.23. The number of fused-ring (bicyclic) bond motifs is 1. The van der Waals surface area contributed by atoms with E-state index in [0.717, 1.165) is 37.2 Å². The number of nitrogens with zero attached hydrogens (tertiary/aromatic N) is 6. The summed E-state index contributed by atoms with van der Waals surface area (Å²) in [6.07, 6.45) is 8.40. The fraction of sp³-hybridized carbons (Fsp3) is 0.462. The first-order valence-corrected chi connectivity index (χ1v) is 12.9. The molecule has 1 fully saturated rings. The van der Waals surface area contributed by atoms with Gasteiger partial charge >= 0.3 is 0 Å². The van der Waals surface area contributed by atoms with E-state index < -0.39 is 0 Å². The van der Waals surface area contributed by atoms with Crippen LogP contribution in [0.5, 0.6) is 0 Å². The standard InChI is InChI=1S/C26H29Cl2N7/c1-15-10-17(5-8-24(15)34-9-3-4-19(34)12-29)23-14-31-25-22(13-30)33-35(26(25)32-23)16(2)20-7-6-18(27)11-21(20)28/h5-7,11,14-16,19,24H,3-4,8-10,12,29H2,1-2H3. The SMILES string of the molecule is CC1CC(c2cnc3c(C#N)nn(C(C)c4ccc(Cl)cc4Cl)c3n2)=CCC1N1CCCC1CN. The molecule has 1 aromatic carbocycles. The maximum absolute atomic E-state index is 9.66. The van der Waals surface area contributed by atoms with Crippen LogP contribution in [0.1, 0.15) is 62.5 Å². The number of likely N-dealkylation sites (tertiary alicyclic amines) is 1. The second-order valence-corrected chi connectivity index (χ2v) is 10.5. The van der Waals surface area contributed by atoms with Gasteiger partial charge in [0.25, 0.3) is 0 Å². The molecule has 182 valence electrons. The maximum atomic E-state index is 9.66. The Kier molecular flexibility index (Phi) is 6.82. The van der Waals surface area contributed by atoms with Crippen LogP contribution in [0, 0.1) is 17.2 Å². The third-order valence-corrected chi connectivity index (χ3v) is 8.11. The van der Waals surface area contributed by atoms with Crippen LogP contribution < -0.4 is 5.73 Å². The Bertz CT molecular complexity index is 1330. The van der Waals surface area contributed by atoms with Crippen LogP contribution in [0.15, 0.2) is 30.5 Å². The molecule has 0 bridgehead atoms. The van der Waals surface area contributed by atoms with Crippen LogP contribution >= 0.6 is 23.2 Å². The molecule has 7 nitrogen and oxygen atoms in total. The first-order chi connectivity index (χ1) is 16.9. The first-order valence-electron chi connectivity index (χ1n) is 12.2. The van der Waals surface area contributed by atoms with Crippen molar-refractivity contribution in [1.29, 1.82) is 5.26 Å². The predicted molar refractivity (Wildman–Crippen MR) is 139 cm³/mol. The number of aromatic nitrogens is 4. The molecule has 4 unspecified atom stereocenters. The highest BCUT2D eigenvalue weighted by Gasteiger charge is 2.35. The number of rotatable bonds is 5. The highest BCUT2D eigenvalue weighted by atomic mass is 35.5. The van der Waals surface area contributed by atoms with Gasteiger partial charge in [0, 0.05) is 28.7 Å². The summed E-state index contributed by atoms with van der Waals surface area (Å²) in [6.45, 7) is 6.15. The molecule has 1 aliphatic heterocycles. The number of halogens is 2. The highest BCUT2D eigenvalue weighted by molar-refractivity contribution is 6.35. The number of hydrogen-bond donors (Lipinski definition) is 1. The van der Waals surface area contributed by atoms with E-state index in [1.807, 2.05) is 13.0 Å². The van der Waals surface area contributed by atoms with Gasteiger partial charge in [0.15, 0.2) is 11.3 Å². The molecule has 3 heterocycles. The predicted octanol–water partition coefficient (Wildman–Crippen LogP) is 5.22. The van der Waals surface area contributed by atoms with Crippen LogP contribution in [0.2, 0.25) is 10.0 Å². The quantitative estimate of drug-likeness (QED) is 0.506. The van der Waals surface area contributed by atoms with Crippen molar-refractivity contribution in [3.05, 3.63) is 57.5 Å². The van der Waals surface area contributed by atoms with Crippen LogP contribution in [0.4, 0.5) is 0 Å². The maximum Gasteiger partial charge on any atom is 0.190 e. The molecule has 0 radical (unpaired) electrons. The van der Waals surface area contributed by atoms with Crippen molar-refractivity contribution < 1.29 is 0 Å². The van der Waals surface area contributed by atoms with Gasteiger partial charge < -0.3 is 5.73 Å². The summed E-state index contributed by atoms with van der Waals surface area (Å²) < 4.78 is 1.74. The Morgan fingerprint density at radius 1 is 1.31 bits per heavy atom. The zero-order valence-electron chi connectivity index (χ0n) is 20.0. The summed E-state index contributed by atoms with van der Waals surface area (Å²) in [4.78, 5) is 12.2. The van der Waals surface area contributed by atoms with E-state index in [1.165, 1.54) is 18.4 Å². The summed E-state index contributed by atoms with van der Waals surface area (Å²) in [6, 6.07) is 8.30. The van der Waals surface area contributed by atoms with Crippen molar-refractivity contribution >= 4 is 39.9 Å². The molecule has 1 aliphatic carbocycles. The van der Waals surface area contributed by atoms with E-state index in [4.69, 9.17) is 33.9 Å². The van der Waals surface area contributed by atoms with Gasteiger partial charge in [0.2, 0.25) is 0 Å². The van der Waals surface area contributed by atoms with Gasteiger partial charge in [-0.1, -0.05) is 42.3 Å². The average molecular weight is 510 g/mol.